The van der Waals surface area contributed by atoms with Gasteiger partial charge in [0.05, 0.1) is 16.7 Å². The zero-order chi connectivity index (χ0) is 35.3. The van der Waals surface area contributed by atoms with Crippen LogP contribution < -0.4 is 0 Å². The molecule has 0 N–H and O–H groups in total. The van der Waals surface area contributed by atoms with Crippen molar-refractivity contribution in [2.24, 2.45) is 0 Å². The summed E-state index contributed by atoms with van der Waals surface area (Å²) in [7, 11) is 0. The number of hydrogen-bond donors (Lipinski definition) is 0. The second-order valence-corrected chi connectivity index (χ2v) is 15.5. The van der Waals surface area contributed by atoms with Crippen molar-refractivity contribution in [3.63, 3.8) is 0 Å². The van der Waals surface area contributed by atoms with Crippen LogP contribution in [0, 0.1) is 0 Å². The molecule has 0 fully saturated rings. The first-order valence-electron chi connectivity index (χ1n) is 18.0. The highest BCUT2D eigenvalue weighted by Gasteiger charge is 2.38. The maximum atomic E-state index is 5.19. The molecular formula is C48H32N4S. The predicted molar refractivity (Wildman–Crippen MR) is 221 cm³/mol. The van der Waals surface area contributed by atoms with Crippen LogP contribution in [0.5, 0.6) is 0 Å². The first-order chi connectivity index (χ1) is 26.0. The molecule has 1 aliphatic rings. The molecule has 7 aromatic carbocycles. The van der Waals surface area contributed by atoms with E-state index in [1.165, 1.54) is 64.2 Å². The Morgan fingerprint density at radius 2 is 1.09 bits per heavy atom. The Kier molecular flexibility index (Phi) is 6.43. The highest BCUT2D eigenvalue weighted by atomic mass is 32.1. The molecule has 3 heterocycles. The van der Waals surface area contributed by atoms with Crippen LogP contribution in [0.3, 0.4) is 0 Å². The molecule has 0 amide bonds. The van der Waals surface area contributed by atoms with Gasteiger partial charge in [-0.05, 0) is 46.5 Å². The molecule has 53 heavy (non-hydrogen) atoms. The molecule has 0 atom stereocenters. The third-order valence-corrected chi connectivity index (χ3v) is 12.1. The minimum atomic E-state index is -0.200. The summed E-state index contributed by atoms with van der Waals surface area (Å²) in [5.41, 5.74) is 11.6. The minimum absolute atomic E-state index is 0.200. The van der Waals surface area contributed by atoms with Crippen LogP contribution in [0.1, 0.15) is 25.0 Å². The van der Waals surface area contributed by atoms with Crippen molar-refractivity contribution in [3.8, 4) is 51.0 Å². The molecule has 5 heteroatoms. The van der Waals surface area contributed by atoms with Crippen LogP contribution in [-0.4, -0.2) is 19.5 Å². The van der Waals surface area contributed by atoms with E-state index in [-0.39, 0.29) is 5.41 Å². The Hall–Kier alpha value is -6.43. The van der Waals surface area contributed by atoms with E-state index < -0.39 is 0 Å². The van der Waals surface area contributed by atoms with Gasteiger partial charge in [-0.2, -0.15) is 0 Å². The number of thiophene rings is 1. The SMILES string of the molecule is CC1(C)c2ccccc2-c2ccc3c4ccccc4n(-c4cc(-c5nc(-c6ccccc6)nc(-c6ccccc6)n5)cc5sc6ccccc6c45)c3c21. The van der Waals surface area contributed by atoms with Gasteiger partial charge in [-0.15, -0.1) is 11.3 Å². The Bertz CT molecular complexity index is 3020. The molecule has 0 spiro atoms. The molecule has 0 radical (unpaired) electrons. The highest BCUT2D eigenvalue weighted by Crippen LogP contribution is 2.53. The van der Waals surface area contributed by atoms with Crippen molar-refractivity contribution in [1.29, 1.82) is 0 Å². The monoisotopic (exact) mass is 696 g/mol. The summed E-state index contributed by atoms with van der Waals surface area (Å²) in [6.07, 6.45) is 0. The molecule has 3 aromatic heterocycles. The normalized spacial score (nSPS) is 13.2. The molecule has 1 aliphatic carbocycles. The summed E-state index contributed by atoms with van der Waals surface area (Å²) in [5, 5.41) is 4.99. The Morgan fingerprint density at radius 3 is 1.83 bits per heavy atom. The molecule has 0 unspecified atom stereocenters. The zero-order valence-corrected chi connectivity index (χ0v) is 30.0. The van der Waals surface area contributed by atoms with Crippen molar-refractivity contribution in [1.82, 2.24) is 19.5 Å². The van der Waals surface area contributed by atoms with Crippen molar-refractivity contribution in [2.75, 3.05) is 0 Å². The van der Waals surface area contributed by atoms with Gasteiger partial charge in [0, 0.05) is 53.1 Å². The second kappa shape index (κ2) is 11.3. The fourth-order valence-corrected chi connectivity index (χ4v) is 9.80. The molecular weight excluding hydrogens is 665 g/mol. The van der Waals surface area contributed by atoms with E-state index in [1.54, 1.807) is 0 Å². The molecule has 0 saturated heterocycles. The van der Waals surface area contributed by atoms with Crippen LogP contribution in [0.2, 0.25) is 0 Å². The average Bonchev–Trinajstić information content (AvgIpc) is 3.83. The number of fused-ring (bicyclic) bond motifs is 10. The number of benzene rings is 7. The Labute approximate surface area is 310 Å². The van der Waals surface area contributed by atoms with Gasteiger partial charge in [0.2, 0.25) is 0 Å². The Balaban J connectivity index is 1.27. The number of rotatable bonds is 4. The lowest BCUT2D eigenvalue weighted by Gasteiger charge is -2.24. The smallest absolute Gasteiger partial charge is 0.164 e. The summed E-state index contributed by atoms with van der Waals surface area (Å²) in [5.74, 6) is 1.96. The highest BCUT2D eigenvalue weighted by molar-refractivity contribution is 7.26. The van der Waals surface area contributed by atoms with E-state index in [9.17, 15) is 0 Å². The maximum Gasteiger partial charge on any atom is 0.164 e. The van der Waals surface area contributed by atoms with Gasteiger partial charge in [-0.1, -0.05) is 147 Å². The van der Waals surface area contributed by atoms with Crippen LogP contribution in [-0.2, 0) is 5.41 Å². The van der Waals surface area contributed by atoms with E-state index in [0.29, 0.717) is 17.5 Å². The van der Waals surface area contributed by atoms with Crippen molar-refractivity contribution in [2.45, 2.75) is 19.3 Å². The van der Waals surface area contributed by atoms with Crippen LogP contribution in [0.15, 0.2) is 158 Å². The largest absolute Gasteiger partial charge is 0.308 e. The number of para-hydroxylation sites is 1. The molecule has 250 valence electrons. The predicted octanol–water partition coefficient (Wildman–Crippen LogP) is 12.6. The van der Waals surface area contributed by atoms with Gasteiger partial charge in [0.25, 0.3) is 0 Å². The van der Waals surface area contributed by atoms with Crippen molar-refractivity contribution >= 4 is 53.3 Å². The van der Waals surface area contributed by atoms with E-state index >= 15 is 0 Å². The molecule has 0 aliphatic heterocycles. The molecule has 0 bridgehead atoms. The summed E-state index contributed by atoms with van der Waals surface area (Å²) in [4.78, 5) is 15.4. The molecule has 11 rings (SSSR count). The standard InChI is InChI=1S/C48H32N4S/c1-48(2)37-22-12-9-19-32(37)34-25-26-35-33-20-10-13-23-38(33)52(44(35)43(34)48)39-27-31(28-41-42(39)36-21-11-14-24-40(36)53-41)47-50-45(29-15-5-3-6-16-29)49-46(51-47)30-17-7-4-8-18-30/h3-28H,1-2H3. The van der Waals surface area contributed by atoms with Gasteiger partial charge < -0.3 is 4.57 Å². The lowest BCUT2D eigenvalue weighted by Crippen LogP contribution is -2.16. The first-order valence-corrected chi connectivity index (χ1v) is 18.9. The fraction of sp³-hybridized carbons (Fsp3) is 0.0625. The van der Waals surface area contributed by atoms with E-state index in [1.807, 2.05) is 47.7 Å². The van der Waals surface area contributed by atoms with Crippen molar-refractivity contribution in [3.05, 3.63) is 169 Å². The zero-order valence-electron chi connectivity index (χ0n) is 29.2. The number of nitrogens with zero attached hydrogens (tertiary/aromatic N) is 4. The van der Waals surface area contributed by atoms with Gasteiger partial charge in [-0.3, -0.25) is 0 Å². The van der Waals surface area contributed by atoms with E-state index in [4.69, 9.17) is 15.0 Å². The number of hydrogen-bond acceptors (Lipinski definition) is 4. The quantitative estimate of drug-likeness (QED) is 0.184. The first kappa shape index (κ1) is 30.2. The van der Waals surface area contributed by atoms with Gasteiger partial charge >= 0.3 is 0 Å². The van der Waals surface area contributed by atoms with Gasteiger partial charge in [0.1, 0.15) is 0 Å². The summed E-state index contributed by atoms with van der Waals surface area (Å²) in [6, 6.07) is 56.3. The topological polar surface area (TPSA) is 43.6 Å². The average molecular weight is 697 g/mol. The minimum Gasteiger partial charge on any atom is -0.308 e. The summed E-state index contributed by atoms with van der Waals surface area (Å²) in [6.45, 7) is 4.76. The summed E-state index contributed by atoms with van der Waals surface area (Å²) < 4.78 is 4.99. The van der Waals surface area contributed by atoms with E-state index in [0.717, 1.165) is 22.4 Å². The summed E-state index contributed by atoms with van der Waals surface area (Å²) >= 11 is 1.82. The molecule has 10 aromatic rings. The third kappa shape index (κ3) is 4.44. The number of aromatic nitrogens is 4. The second-order valence-electron chi connectivity index (χ2n) is 14.4. The van der Waals surface area contributed by atoms with E-state index in [2.05, 4.69) is 140 Å². The van der Waals surface area contributed by atoms with Crippen molar-refractivity contribution < 1.29 is 0 Å². The van der Waals surface area contributed by atoms with Gasteiger partial charge in [-0.25, -0.2) is 15.0 Å². The third-order valence-electron chi connectivity index (χ3n) is 11.0. The Morgan fingerprint density at radius 1 is 0.491 bits per heavy atom. The van der Waals surface area contributed by atoms with Crippen LogP contribution in [0.4, 0.5) is 0 Å². The lowest BCUT2D eigenvalue weighted by molar-refractivity contribution is 0.664. The van der Waals surface area contributed by atoms with Gasteiger partial charge in [0.15, 0.2) is 17.5 Å². The maximum absolute atomic E-state index is 5.19. The fourth-order valence-electron chi connectivity index (χ4n) is 8.64. The molecule has 0 saturated carbocycles. The van der Waals surface area contributed by atoms with Crippen LogP contribution >= 0.6 is 11.3 Å². The lowest BCUT2D eigenvalue weighted by atomic mass is 9.81. The molecule has 4 nitrogen and oxygen atoms in total. The van der Waals surface area contributed by atoms with Crippen LogP contribution in [0.25, 0.3) is 93.0 Å².